The van der Waals surface area contributed by atoms with Crippen molar-refractivity contribution in [3.8, 4) is 11.8 Å². The maximum atomic E-state index is 8.96. The van der Waals surface area contributed by atoms with Gasteiger partial charge in [-0.15, -0.1) is 0 Å². The quantitative estimate of drug-likeness (QED) is 0.813. The number of hydrogen-bond donors (Lipinski definition) is 0. The van der Waals surface area contributed by atoms with E-state index in [1.807, 2.05) is 25.1 Å². The van der Waals surface area contributed by atoms with Gasteiger partial charge in [0.05, 0.1) is 5.69 Å². The molecule has 2 rings (SSSR count). The Bertz CT molecular complexity index is 622. The predicted molar refractivity (Wildman–Crippen MR) is 74.9 cm³/mol. The SMILES string of the molecule is Cc1ccc(OCc2cccnc2C#N)c(CBr)n1. The maximum absolute atomic E-state index is 8.96. The molecule has 0 unspecified atom stereocenters. The van der Waals surface area contributed by atoms with E-state index in [2.05, 4.69) is 32.0 Å². The van der Waals surface area contributed by atoms with Crippen LogP contribution in [0.1, 0.15) is 22.6 Å². The summed E-state index contributed by atoms with van der Waals surface area (Å²) < 4.78 is 5.73. The highest BCUT2D eigenvalue weighted by Gasteiger charge is 2.07. The summed E-state index contributed by atoms with van der Waals surface area (Å²) in [5.41, 5.74) is 2.96. The van der Waals surface area contributed by atoms with Crippen molar-refractivity contribution in [2.75, 3.05) is 0 Å². The molecule has 19 heavy (non-hydrogen) atoms. The highest BCUT2D eigenvalue weighted by Crippen LogP contribution is 2.21. The number of halogens is 1. The van der Waals surface area contributed by atoms with Crippen LogP contribution in [-0.4, -0.2) is 9.97 Å². The van der Waals surface area contributed by atoms with Crippen molar-refractivity contribution in [1.82, 2.24) is 9.97 Å². The van der Waals surface area contributed by atoms with Gasteiger partial charge in [0.25, 0.3) is 0 Å². The molecule has 0 radical (unpaired) electrons. The monoisotopic (exact) mass is 317 g/mol. The Morgan fingerprint density at radius 3 is 2.95 bits per heavy atom. The fourth-order valence-electron chi connectivity index (χ4n) is 1.64. The third-order valence-corrected chi connectivity index (χ3v) is 3.11. The van der Waals surface area contributed by atoms with Crippen LogP contribution < -0.4 is 4.74 Å². The number of ether oxygens (including phenoxy) is 1. The Morgan fingerprint density at radius 1 is 1.37 bits per heavy atom. The number of aryl methyl sites for hydroxylation is 1. The van der Waals surface area contributed by atoms with E-state index >= 15 is 0 Å². The van der Waals surface area contributed by atoms with Crippen molar-refractivity contribution in [2.24, 2.45) is 0 Å². The molecule has 0 aromatic carbocycles. The minimum atomic E-state index is 0.307. The molecule has 0 aliphatic heterocycles. The molecule has 5 heteroatoms. The third-order valence-electron chi connectivity index (χ3n) is 2.58. The number of aromatic nitrogens is 2. The summed E-state index contributed by atoms with van der Waals surface area (Å²) in [6, 6.07) is 9.47. The van der Waals surface area contributed by atoms with E-state index in [1.54, 1.807) is 12.3 Å². The van der Waals surface area contributed by atoms with Gasteiger partial charge in [0.15, 0.2) is 0 Å². The Morgan fingerprint density at radius 2 is 2.21 bits per heavy atom. The number of nitriles is 1. The first kappa shape index (κ1) is 13.5. The highest BCUT2D eigenvalue weighted by atomic mass is 79.9. The number of nitrogens with zero attached hydrogens (tertiary/aromatic N) is 3. The van der Waals surface area contributed by atoms with Crippen LogP contribution in [0.15, 0.2) is 30.5 Å². The van der Waals surface area contributed by atoms with Gasteiger partial charge in [-0.05, 0) is 25.1 Å². The average molecular weight is 318 g/mol. The first-order valence-corrected chi connectivity index (χ1v) is 6.86. The lowest BCUT2D eigenvalue weighted by atomic mass is 10.2. The molecule has 0 aliphatic carbocycles. The Kier molecular flexibility index (Phi) is 4.48. The molecule has 2 aromatic heterocycles. The van der Waals surface area contributed by atoms with Gasteiger partial charge >= 0.3 is 0 Å². The summed E-state index contributed by atoms with van der Waals surface area (Å²) in [5, 5.41) is 9.59. The third kappa shape index (κ3) is 3.30. The second-order valence-corrected chi connectivity index (χ2v) is 4.50. The second kappa shape index (κ2) is 6.30. The normalized spacial score (nSPS) is 9.95. The zero-order valence-corrected chi connectivity index (χ0v) is 12.0. The predicted octanol–water partition coefficient (Wildman–Crippen LogP) is 3.13. The van der Waals surface area contributed by atoms with E-state index < -0.39 is 0 Å². The lowest BCUT2D eigenvalue weighted by Crippen LogP contribution is -2.02. The van der Waals surface area contributed by atoms with Crippen LogP contribution in [0.2, 0.25) is 0 Å². The van der Waals surface area contributed by atoms with Gasteiger partial charge in [-0.1, -0.05) is 22.0 Å². The number of pyridine rings is 2. The minimum Gasteiger partial charge on any atom is -0.487 e. The van der Waals surface area contributed by atoms with Crippen molar-refractivity contribution in [3.63, 3.8) is 0 Å². The van der Waals surface area contributed by atoms with Crippen LogP contribution in [0.25, 0.3) is 0 Å². The largest absolute Gasteiger partial charge is 0.487 e. The molecule has 0 bridgehead atoms. The number of hydrogen-bond acceptors (Lipinski definition) is 4. The van der Waals surface area contributed by atoms with Crippen molar-refractivity contribution in [3.05, 3.63) is 53.1 Å². The van der Waals surface area contributed by atoms with Crippen LogP contribution in [0.3, 0.4) is 0 Å². The van der Waals surface area contributed by atoms with E-state index in [0.29, 0.717) is 17.6 Å². The molecule has 0 saturated carbocycles. The van der Waals surface area contributed by atoms with Crippen LogP contribution in [0, 0.1) is 18.3 Å². The Balaban J connectivity index is 2.17. The molecule has 0 aliphatic rings. The van der Waals surface area contributed by atoms with Gasteiger partial charge in [-0.3, -0.25) is 4.98 Å². The molecule has 2 aromatic rings. The van der Waals surface area contributed by atoms with E-state index in [1.165, 1.54) is 0 Å². The molecule has 0 N–H and O–H groups in total. The van der Waals surface area contributed by atoms with E-state index in [-0.39, 0.29) is 0 Å². The molecule has 0 amide bonds. The highest BCUT2D eigenvalue weighted by molar-refractivity contribution is 9.08. The van der Waals surface area contributed by atoms with Gasteiger partial charge < -0.3 is 4.74 Å². The topological polar surface area (TPSA) is 58.8 Å². The summed E-state index contributed by atoms with van der Waals surface area (Å²) in [6.45, 7) is 2.24. The molecule has 0 atom stereocenters. The van der Waals surface area contributed by atoms with Gasteiger partial charge in [0.2, 0.25) is 0 Å². The lowest BCUT2D eigenvalue weighted by molar-refractivity contribution is 0.301. The molecule has 4 nitrogen and oxygen atoms in total. The molecular formula is C14H12BrN3O. The van der Waals surface area contributed by atoms with Crippen molar-refractivity contribution in [1.29, 1.82) is 5.26 Å². The zero-order valence-electron chi connectivity index (χ0n) is 10.4. The summed E-state index contributed by atoms with van der Waals surface area (Å²) >= 11 is 3.39. The van der Waals surface area contributed by atoms with E-state index in [0.717, 1.165) is 22.7 Å². The standard InChI is InChI=1S/C14H12BrN3O/c1-10-4-5-14(12(7-15)18-10)19-9-11-3-2-6-17-13(11)8-16/h2-6H,7,9H2,1H3. The molecule has 0 fully saturated rings. The number of rotatable bonds is 4. The minimum absolute atomic E-state index is 0.307. The summed E-state index contributed by atoms with van der Waals surface area (Å²) in [6.07, 6.45) is 1.60. The van der Waals surface area contributed by atoms with Crippen LogP contribution in [0.4, 0.5) is 0 Å². The Labute approximate surface area is 120 Å². The first-order valence-electron chi connectivity index (χ1n) is 5.74. The van der Waals surface area contributed by atoms with Crippen molar-refractivity contribution < 1.29 is 4.74 Å². The summed E-state index contributed by atoms with van der Waals surface area (Å²) in [7, 11) is 0. The van der Waals surface area contributed by atoms with Crippen LogP contribution in [-0.2, 0) is 11.9 Å². The summed E-state index contributed by atoms with van der Waals surface area (Å²) in [5.74, 6) is 0.718. The first-order chi connectivity index (χ1) is 9.24. The lowest BCUT2D eigenvalue weighted by Gasteiger charge is -2.10. The smallest absolute Gasteiger partial charge is 0.147 e. The van der Waals surface area contributed by atoms with Crippen molar-refractivity contribution >= 4 is 15.9 Å². The molecule has 0 spiro atoms. The van der Waals surface area contributed by atoms with E-state index in [9.17, 15) is 0 Å². The van der Waals surface area contributed by atoms with Crippen LogP contribution >= 0.6 is 15.9 Å². The fraction of sp³-hybridized carbons (Fsp3) is 0.214. The Hall–Kier alpha value is -1.93. The number of alkyl halides is 1. The van der Waals surface area contributed by atoms with Gasteiger partial charge in [0.1, 0.15) is 24.1 Å². The maximum Gasteiger partial charge on any atom is 0.147 e. The second-order valence-electron chi connectivity index (χ2n) is 3.94. The zero-order chi connectivity index (χ0) is 13.7. The summed E-state index contributed by atoms with van der Waals surface area (Å²) in [4.78, 5) is 8.39. The van der Waals surface area contributed by atoms with E-state index in [4.69, 9.17) is 10.00 Å². The van der Waals surface area contributed by atoms with Crippen molar-refractivity contribution in [2.45, 2.75) is 18.9 Å². The van der Waals surface area contributed by atoms with Gasteiger partial charge in [-0.25, -0.2) is 4.98 Å². The molecule has 0 saturated heterocycles. The van der Waals surface area contributed by atoms with Crippen LogP contribution in [0.5, 0.6) is 5.75 Å². The molecule has 96 valence electrons. The van der Waals surface area contributed by atoms with Gasteiger partial charge in [-0.2, -0.15) is 5.26 Å². The van der Waals surface area contributed by atoms with Gasteiger partial charge in [0, 0.05) is 22.8 Å². The molecular weight excluding hydrogens is 306 g/mol. The fourth-order valence-corrected chi connectivity index (χ4v) is 2.04. The molecule has 2 heterocycles. The average Bonchev–Trinajstić information content (AvgIpc) is 2.46.